The second-order valence-electron chi connectivity index (χ2n) is 3.13. The molecule has 0 bridgehead atoms. The number of unbranched alkanes of at least 4 members (excludes halogenated alkanes) is 2. The van der Waals surface area contributed by atoms with Crippen LogP contribution in [0, 0.1) is 0 Å². The van der Waals surface area contributed by atoms with Crippen LogP contribution in [-0.4, -0.2) is 30.5 Å². The largest absolute Gasteiger partial charge is 0.217 e. The molecular formula is C8H18NO+. The molecule has 0 saturated heterocycles. The smallest absolute Gasteiger partial charge is 0.108 e. The van der Waals surface area contributed by atoms with E-state index < -0.39 is 0 Å². The molecule has 0 unspecified atom stereocenters. The zero-order valence-corrected chi connectivity index (χ0v) is 7.01. The highest BCUT2D eigenvalue weighted by atomic mass is 16.5. The molecule has 0 saturated carbocycles. The Balaban J connectivity index is 3.12. The Labute approximate surface area is 63.3 Å². The predicted octanol–water partition coefficient (Wildman–Crippen LogP) is 1.81. The molecule has 60 valence electrons. The molecule has 0 heterocycles. The molecule has 2 nitrogen and oxygen atoms in total. The molecule has 0 aromatic heterocycles. The quantitative estimate of drug-likeness (QED) is 0.270. The highest BCUT2D eigenvalue weighted by Crippen LogP contribution is 1.99. The zero-order chi connectivity index (χ0) is 8.04. The number of hydrogen-bond acceptors (Lipinski definition) is 1. The van der Waals surface area contributed by atoms with Crippen molar-refractivity contribution in [3.8, 4) is 0 Å². The van der Waals surface area contributed by atoms with Crippen LogP contribution in [0.2, 0.25) is 0 Å². The van der Waals surface area contributed by atoms with Crippen LogP contribution in [0.4, 0.5) is 0 Å². The van der Waals surface area contributed by atoms with Gasteiger partial charge in [0.05, 0.1) is 14.1 Å². The zero-order valence-electron chi connectivity index (χ0n) is 7.01. The van der Waals surface area contributed by atoms with Gasteiger partial charge < -0.3 is 0 Å². The van der Waals surface area contributed by atoms with Gasteiger partial charge in [-0.2, -0.15) is 4.65 Å². The summed E-state index contributed by atoms with van der Waals surface area (Å²) in [5, 5.41) is 9.23. The molecule has 0 aromatic rings. The van der Waals surface area contributed by atoms with Crippen molar-refractivity contribution < 1.29 is 9.85 Å². The van der Waals surface area contributed by atoms with Gasteiger partial charge >= 0.3 is 0 Å². The summed E-state index contributed by atoms with van der Waals surface area (Å²) >= 11 is 0. The van der Waals surface area contributed by atoms with Crippen LogP contribution in [0.1, 0.15) is 19.3 Å². The monoisotopic (exact) mass is 144 g/mol. The van der Waals surface area contributed by atoms with E-state index >= 15 is 0 Å². The van der Waals surface area contributed by atoms with Gasteiger partial charge in [-0.3, -0.25) is 0 Å². The van der Waals surface area contributed by atoms with E-state index in [1.54, 1.807) is 14.1 Å². The van der Waals surface area contributed by atoms with Crippen LogP contribution in [0.15, 0.2) is 12.7 Å². The van der Waals surface area contributed by atoms with Crippen LogP contribution in [0.5, 0.6) is 0 Å². The highest BCUT2D eigenvalue weighted by molar-refractivity contribution is 4.64. The molecule has 0 radical (unpaired) electrons. The van der Waals surface area contributed by atoms with Gasteiger partial charge in [-0.25, -0.2) is 5.21 Å². The molecule has 0 aliphatic rings. The van der Waals surface area contributed by atoms with E-state index in [2.05, 4.69) is 6.58 Å². The molecular weight excluding hydrogens is 126 g/mol. The normalized spacial score (nSPS) is 11.5. The van der Waals surface area contributed by atoms with Crippen LogP contribution < -0.4 is 0 Å². The average Bonchev–Trinajstić information content (AvgIpc) is 1.78. The fourth-order valence-corrected chi connectivity index (χ4v) is 0.787. The summed E-state index contributed by atoms with van der Waals surface area (Å²) < 4.78 is 0.0805. The van der Waals surface area contributed by atoms with E-state index in [0.29, 0.717) is 0 Å². The average molecular weight is 144 g/mol. The van der Waals surface area contributed by atoms with Crippen LogP contribution in [0.3, 0.4) is 0 Å². The van der Waals surface area contributed by atoms with Gasteiger partial charge in [0.25, 0.3) is 0 Å². The van der Waals surface area contributed by atoms with Crippen molar-refractivity contribution in [2.45, 2.75) is 19.3 Å². The Morgan fingerprint density at radius 1 is 1.40 bits per heavy atom. The standard InChI is InChI=1S/C8H18NO/c1-4-5-6-7-8-9(2,3)10/h4,10H,1,5-8H2,2-3H3/q+1. The minimum atomic E-state index is 0.0805. The molecule has 2 heteroatoms. The fraction of sp³-hybridized carbons (Fsp3) is 0.750. The van der Waals surface area contributed by atoms with Crippen molar-refractivity contribution in [2.24, 2.45) is 0 Å². The molecule has 10 heavy (non-hydrogen) atoms. The van der Waals surface area contributed by atoms with Gasteiger partial charge in [-0.1, -0.05) is 6.08 Å². The molecule has 0 atom stereocenters. The maximum Gasteiger partial charge on any atom is 0.108 e. The lowest BCUT2D eigenvalue weighted by Gasteiger charge is -2.18. The lowest BCUT2D eigenvalue weighted by Crippen LogP contribution is -2.36. The minimum Gasteiger partial charge on any atom is -0.217 e. The van der Waals surface area contributed by atoms with E-state index in [4.69, 9.17) is 0 Å². The van der Waals surface area contributed by atoms with E-state index in [0.717, 1.165) is 25.8 Å². The number of nitrogens with zero attached hydrogens (tertiary/aromatic N) is 1. The van der Waals surface area contributed by atoms with Crippen LogP contribution >= 0.6 is 0 Å². The lowest BCUT2D eigenvalue weighted by molar-refractivity contribution is -1.07. The summed E-state index contributed by atoms with van der Waals surface area (Å²) in [5.74, 6) is 0. The highest BCUT2D eigenvalue weighted by Gasteiger charge is 2.07. The summed E-state index contributed by atoms with van der Waals surface area (Å²) in [6.07, 6.45) is 5.17. The molecule has 0 spiro atoms. The molecule has 0 rings (SSSR count). The summed E-state index contributed by atoms with van der Waals surface area (Å²) in [6.45, 7) is 4.45. The topological polar surface area (TPSA) is 20.2 Å². The molecule has 0 aliphatic carbocycles. The molecule has 0 fully saturated rings. The van der Waals surface area contributed by atoms with E-state index in [1.807, 2.05) is 6.08 Å². The summed E-state index contributed by atoms with van der Waals surface area (Å²) in [6, 6.07) is 0. The molecule has 0 aromatic carbocycles. The number of rotatable bonds is 5. The van der Waals surface area contributed by atoms with Gasteiger partial charge in [0.2, 0.25) is 0 Å². The first-order valence-electron chi connectivity index (χ1n) is 3.73. The maximum absolute atomic E-state index is 9.23. The number of allylic oxidation sites excluding steroid dienone is 1. The third kappa shape index (κ3) is 7.66. The lowest BCUT2D eigenvalue weighted by atomic mass is 10.2. The Bertz CT molecular complexity index is 93.9. The fourth-order valence-electron chi connectivity index (χ4n) is 0.787. The van der Waals surface area contributed by atoms with Gasteiger partial charge in [0.15, 0.2) is 0 Å². The third-order valence-electron chi connectivity index (χ3n) is 1.36. The second-order valence-corrected chi connectivity index (χ2v) is 3.13. The van der Waals surface area contributed by atoms with Crippen molar-refractivity contribution in [1.29, 1.82) is 0 Å². The molecule has 1 N–H and O–H groups in total. The first-order valence-corrected chi connectivity index (χ1v) is 3.73. The van der Waals surface area contributed by atoms with Crippen molar-refractivity contribution in [1.82, 2.24) is 0 Å². The van der Waals surface area contributed by atoms with Gasteiger partial charge in [-0.05, 0) is 19.3 Å². The molecule has 0 amide bonds. The van der Waals surface area contributed by atoms with Crippen molar-refractivity contribution in [3.63, 3.8) is 0 Å². The number of quaternary nitrogens is 1. The van der Waals surface area contributed by atoms with Gasteiger partial charge in [0.1, 0.15) is 6.54 Å². The first-order chi connectivity index (χ1) is 4.56. The van der Waals surface area contributed by atoms with Gasteiger partial charge in [0, 0.05) is 0 Å². The van der Waals surface area contributed by atoms with E-state index in [9.17, 15) is 5.21 Å². The molecule has 0 aliphatic heterocycles. The Hall–Kier alpha value is -0.340. The summed E-state index contributed by atoms with van der Waals surface area (Å²) in [4.78, 5) is 0. The Kier molecular flexibility index (Phi) is 4.32. The number of hydroxylamine groups is 3. The van der Waals surface area contributed by atoms with E-state index in [-0.39, 0.29) is 4.65 Å². The van der Waals surface area contributed by atoms with Crippen LogP contribution in [-0.2, 0) is 0 Å². The minimum absolute atomic E-state index is 0.0805. The third-order valence-corrected chi connectivity index (χ3v) is 1.36. The van der Waals surface area contributed by atoms with Gasteiger partial charge in [-0.15, -0.1) is 6.58 Å². The SMILES string of the molecule is C=CCCCC[N+](C)(C)O. The first kappa shape index (κ1) is 9.66. The van der Waals surface area contributed by atoms with Crippen molar-refractivity contribution in [3.05, 3.63) is 12.7 Å². The van der Waals surface area contributed by atoms with Crippen molar-refractivity contribution in [2.75, 3.05) is 20.6 Å². The predicted molar refractivity (Wildman–Crippen MR) is 42.8 cm³/mol. The van der Waals surface area contributed by atoms with Crippen molar-refractivity contribution >= 4 is 0 Å². The maximum atomic E-state index is 9.23. The Morgan fingerprint density at radius 3 is 2.40 bits per heavy atom. The summed E-state index contributed by atoms with van der Waals surface area (Å²) in [7, 11) is 3.57. The number of hydrogen-bond donors (Lipinski definition) is 1. The van der Waals surface area contributed by atoms with E-state index in [1.165, 1.54) is 0 Å². The van der Waals surface area contributed by atoms with Crippen LogP contribution in [0.25, 0.3) is 0 Å². The summed E-state index contributed by atoms with van der Waals surface area (Å²) in [5.41, 5.74) is 0. The second kappa shape index (κ2) is 4.47. The Morgan fingerprint density at radius 2 is 2.00 bits per heavy atom.